The lowest BCUT2D eigenvalue weighted by molar-refractivity contribution is -0.143. The van der Waals surface area contributed by atoms with Crippen LogP contribution in [-0.4, -0.2) is 42.3 Å². The summed E-state index contributed by atoms with van der Waals surface area (Å²) in [6, 6.07) is 15.3. The summed E-state index contributed by atoms with van der Waals surface area (Å²) in [6.45, 7) is 6.44. The lowest BCUT2D eigenvalue weighted by Crippen LogP contribution is -2.47. The molecule has 186 valence electrons. The molecule has 7 heteroatoms. The van der Waals surface area contributed by atoms with Gasteiger partial charge >= 0.3 is 12.1 Å². The molecule has 2 aromatic carbocycles. The minimum atomic E-state index is -1.04. The fourth-order valence-electron chi connectivity index (χ4n) is 4.67. The molecule has 0 aliphatic heterocycles. The second-order valence-electron chi connectivity index (χ2n) is 10.9. The van der Waals surface area contributed by atoms with E-state index < -0.39 is 23.5 Å². The summed E-state index contributed by atoms with van der Waals surface area (Å²) in [6.07, 6.45) is 1.67. The van der Waals surface area contributed by atoms with E-state index in [1.54, 1.807) is 0 Å². The number of ether oxygens (including phenoxy) is 1. The number of benzene rings is 2. The van der Waals surface area contributed by atoms with Gasteiger partial charge in [-0.05, 0) is 53.4 Å². The van der Waals surface area contributed by atoms with E-state index in [1.165, 1.54) is 0 Å². The molecule has 1 saturated carbocycles. The fourth-order valence-corrected chi connectivity index (χ4v) is 4.67. The van der Waals surface area contributed by atoms with Crippen LogP contribution in [0.4, 0.5) is 4.79 Å². The molecular formula is C28H34N2O5. The van der Waals surface area contributed by atoms with E-state index in [9.17, 15) is 19.5 Å². The average molecular weight is 479 g/mol. The Labute approximate surface area is 206 Å². The zero-order valence-corrected chi connectivity index (χ0v) is 20.6. The van der Waals surface area contributed by atoms with Crippen LogP contribution in [0, 0.1) is 10.8 Å². The molecule has 1 fully saturated rings. The maximum Gasteiger partial charge on any atom is 0.407 e. The van der Waals surface area contributed by atoms with Gasteiger partial charge in [0.05, 0.1) is 5.41 Å². The standard InChI is InChI=1S/C28H34N2O5/c1-27(2,3)13-12-23(24(31)32)30-25(33)28(14-15-28)17-29-26(34)35-16-22-20-10-6-4-8-18(20)19-9-5-7-11-21(19)22/h4-11,22-23H,12-17H2,1-3H3,(H,29,34)(H,30,33)(H,31,32). The van der Waals surface area contributed by atoms with Gasteiger partial charge in [0.1, 0.15) is 12.6 Å². The normalized spacial score (nSPS) is 16.5. The maximum atomic E-state index is 12.9. The molecule has 2 aliphatic carbocycles. The Morgan fingerprint density at radius 3 is 2.11 bits per heavy atom. The summed E-state index contributed by atoms with van der Waals surface area (Å²) in [5.41, 5.74) is 3.79. The van der Waals surface area contributed by atoms with Crippen molar-refractivity contribution in [2.75, 3.05) is 13.2 Å². The number of amides is 2. The van der Waals surface area contributed by atoms with Crippen molar-refractivity contribution in [1.29, 1.82) is 0 Å². The highest BCUT2D eigenvalue weighted by Gasteiger charge is 2.50. The summed E-state index contributed by atoms with van der Waals surface area (Å²) in [5, 5.41) is 14.9. The van der Waals surface area contributed by atoms with E-state index in [0.717, 1.165) is 22.3 Å². The Hall–Kier alpha value is -3.35. The lowest BCUT2D eigenvalue weighted by atomic mass is 9.88. The van der Waals surface area contributed by atoms with Crippen molar-refractivity contribution in [2.45, 2.75) is 58.4 Å². The van der Waals surface area contributed by atoms with Crippen molar-refractivity contribution < 1.29 is 24.2 Å². The van der Waals surface area contributed by atoms with Gasteiger partial charge in [0.25, 0.3) is 0 Å². The molecule has 0 bridgehead atoms. The summed E-state index contributed by atoms with van der Waals surface area (Å²) < 4.78 is 5.56. The number of rotatable bonds is 9. The third-order valence-electron chi connectivity index (χ3n) is 7.04. The van der Waals surface area contributed by atoms with Crippen LogP contribution in [0.1, 0.15) is 63.5 Å². The lowest BCUT2D eigenvalue weighted by Gasteiger charge is -2.23. The molecule has 0 aromatic heterocycles. The van der Waals surface area contributed by atoms with E-state index in [0.29, 0.717) is 25.7 Å². The van der Waals surface area contributed by atoms with Gasteiger partial charge in [-0.2, -0.15) is 0 Å². The number of nitrogens with one attached hydrogen (secondary N) is 2. The molecule has 4 rings (SSSR count). The van der Waals surface area contributed by atoms with E-state index in [2.05, 4.69) is 34.9 Å². The summed E-state index contributed by atoms with van der Waals surface area (Å²) in [4.78, 5) is 37.0. The van der Waals surface area contributed by atoms with Crippen LogP contribution in [-0.2, 0) is 14.3 Å². The van der Waals surface area contributed by atoms with Crippen LogP contribution < -0.4 is 10.6 Å². The highest BCUT2D eigenvalue weighted by Crippen LogP contribution is 2.46. The highest BCUT2D eigenvalue weighted by molar-refractivity contribution is 5.90. The number of alkyl carbamates (subject to hydrolysis) is 1. The van der Waals surface area contributed by atoms with Crippen molar-refractivity contribution in [3.8, 4) is 11.1 Å². The Morgan fingerprint density at radius 2 is 1.60 bits per heavy atom. The predicted molar refractivity (Wildman–Crippen MR) is 133 cm³/mol. The quantitative estimate of drug-likeness (QED) is 0.485. The van der Waals surface area contributed by atoms with Crippen LogP contribution in [0.15, 0.2) is 48.5 Å². The van der Waals surface area contributed by atoms with Gasteiger partial charge in [-0.25, -0.2) is 9.59 Å². The number of carbonyl (C=O) groups is 3. The summed E-state index contributed by atoms with van der Waals surface area (Å²) in [5.74, 6) is -1.40. The van der Waals surface area contributed by atoms with Gasteiger partial charge in [-0.1, -0.05) is 69.3 Å². The van der Waals surface area contributed by atoms with Crippen LogP contribution in [0.2, 0.25) is 0 Å². The van der Waals surface area contributed by atoms with Gasteiger partial charge < -0.3 is 20.5 Å². The zero-order valence-electron chi connectivity index (χ0n) is 20.6. The van der Waals surface area contributed by atoms with E-state index >= 15 is 0 Å². The molecule has 0 spiro atoms. The first-order chi connectivity index (χ1) is 16.6. The van der Waals surface area contributed by atoms with E-state index in [-0.39, 0.29) is 30.4 Å². The molecule has 2 aromatic rings. The second-order valence-corrected chi connectivity index (χ2v) is 10.9. The fraction of sp³-hybridized carbons (Fsp3) is 0.464. The largest absolute Gasteiger partial charge is 0.480 e. The highest BCUT2D eigenvalue weighted by atomic mass is 16.5. The third kappa shape index (κ3) is 5.66. The number of hydrogen-bond donors (Lipinski definition) is 3. The minimum absolute atomic E-state index is 0.0264. The van der Waals surface area contributed by atoms with Crippen LogP contribution in [0.25, 0.3) is 11.1 Å². The number of aliphatic carboxylic acids is 1. The van der Waals surface area contributed by atoms with Crippen LogP contribution in [0.3, 0.4) is 0 Å². The van der Waals surface area contributed by atoms with Crippen molar-refractivity contribution >= 4 is 18.0 Å². The molecule has 0 heterocycles. The number of hydrogen-bond acceptors (Lipinski definition) is 4. The third-order valence-corrected chi connectivity index (χ3v) is 7.04. The Kier molecular flexibility index (Phi) is 6.88. The smallest absolute Gasteiger partial charge is 0.407 e. The molecule has 0 saturated heterocycles. The molecule has 7 nitrogen and oxygen atoms in total. The Bertz CT molecular complexity index is 1070. The first kappa shape index (κ1) is 24.8. The molecule has 0 radical (unpaired) electrons. The van der Waals surface area contributed by atoms with Gasteiger partial charge in [0.2, 0.25) is 5.91 Å². The molecule has 3 N–H and O–H groups in total. The molecule has 1 unspecified atom stereocenters. The van der Waals surface area contributed by atoms with Crippen molar-refractivity contribution in [2.24, 2.45) is 10.8 Å². The number of carboxylic acid groups (broad SMARTS) is 1. The average Bonchev–Trinajstić information content (AvgIpc) is 3.55. The van der Waals surface area contributed by atoms with Crippen molar-refractivity contribution in [3.63, 3.8) is 0 Å². The predicted octanol–water partition coefficient (Wildman–Crippen LogP) is 4.70. The van der Waals surface area contributed by atoms with Gasteiger partial charge in [0, 0.05) is 12.5 Å². The number of carbonyl (C=O) groups excluding carboxylic acids is 2. The first-order valence-electron chi connectivity index (χ1n) is 12.2. The summed E-state index contributed by atoms with van der Waals surface area (Å²) >= 11 is 0. The molecule has 2 aliphatic rings. The maximum absolute atomic E-state index is 12.9. The number of fused-ring (bicyclic) bond motifs is 3. The van der Waals surface area contributed by atoms with E-state index in [4.69, 9.17) is 4.74 Å². The van der Waals surface area contributed by atoms with E-state index in [1.807, 2.05) is 45.0 Å². The van der Waals surface area contributed by atoms with Crippen molar-refractivity contribution in [1.82, 2.24) is 10.6 Å². The monoisotopic (exact) mass is 478 g/mol. The van der Waals surface area contributed by atoms with Gasteiger partial charge in [-0.3, -0.25) is 4.79 Å². The minimum Gasteiger partial charge on any atom is -0.480 e. The zero-order chi connectivity index (χ0) is 25.2. The Morgan fingerprint density at radius 1 is 1.03 bits per heavy atom. The summed E-state index contributed by atoms with van der Waals surface area (Å²) in [7, 11) is 0. The van der Waals surface area contributed by atoms with Gasteiger partial charge in [0.15, 0.2) is 0 Å². The molecule has 2 amide bonds. The topological polar surface area (TPSA) is 105 Å². The molecule has 35 heavy (non-hydrogen) atoms. The Balaban J connectivity index is 1.30. The molecular weight excluding hydrogens is 444 g/mol. The number of carboxylic acids is 1. The van der Waals surface area contributed by atoms with Gasteiger partial charge in [-0.15, -0.1) is 0 Å². The first-order valence-corrected chi connectivity index (χ1v) is 12.2. The van der Waals surface area contributed by atoms with Crippen LogP contribution in [0.5, 0.6) is 0 Å². The van der Waals surface area contributed by atoms with Crippen LogP contribution >= 0.6 is 0 Å². The van der Waals surface area contributed by atoms with Crippen molar-refractivity contribution in [3.05, 3.63) is 59.7 Å². The second kappa shape index (κ2) is 9.72. The molecule has 1 atom stereocenters. The SMILES string of the molecule is CC(C)(C)CCC(NC(=O)C1(CNC(=O)OCC2c3ccccc3-c3ccccc32)CC1)C(=O)O.